The summed E-state index contributed by atoms with van der Waals surface area (Å²) >= 11 is 0. The summed E-state index contributed by atoms with van der Waals surface area (Å²) in [5.41, 5.74) is 0.724. The van der Waals surface area contributed by atoms with Crippen molar-refractivity contribution in [3.63, 3.8) is 0 Å². The summed E-state index contributed by atoms with van der Waals surface area (Å²) in [4.78, 5) is 10.6. The smallest absolute Gasteiger partial charge is 0.335 e. The zero-order valence-corrected chi connectivity index (χ0v) is 7.46. The lowest BCUT2D eigenvalue weighted by molar-refractivity contribution is 0.0696. The van der Waals surface area contributed by atoms with E-state index in [1.807, 2.05) is 0 Å². The van der Waals surface area contributed by atoms with Crippen molar-refractivity contribution in [1.82, 2.24) is 5.32 Å². The van der Waals surface area contributed by atoms with Gasteiger partial charge in [-0.05, 0) is 36.7 Å². The molecule has 0 unspecified atom stereocenters. The highest BCUT2D eigenvalue weighted by Crippen LogP contribution is 2.24. The minimum absolute atomic E-state index is 0.00806. The minimum atomic E-state index is -1.09. The number of rotatable bonds is 2. The van der Waals surface area contributed by atoms with Gasteiger partial charge in [-0.25, -0.2) is 9.18 Å². The van der Waals surface area contributed by atoms with Crippen LogP contribution in [0.25, 0.3) is 0 Å². The third kappa shape index (κ3) is 1.61. The quantitative estimate of drug-likeness (QED) is 0.752. The molecule has 0 aliphatic carbocycles. The van der Waals surface area contributed by atoms with Gasteiger partial charge in [0.1, 0.15) is 5.82 Å². The van der Waals surface area contributed by atoms with Crippen LogP contribution >= 0.6 is 0 Å². The zero-order chi connectivity index (χ0) is 10.1. The molecule has 1 aliphatic heterocycles. The maximum Gasteiger partial charge on any atom is 0.335 e. The average molecular weight is 195 g/mol. The van der Waals surface area contributed by atoms with Gasteiger partial charge in [0, 0.05) is 6.04 Å². The van der Waals surface area contributed by atoms with Gasteiger partial charge in [0.25, 0.3) is 0 Å². The van der Waals surface area contributed by atoms with Crippen molar-refractivity contribution in [2.45, 2.75) is 12.5 Å². The van der Waals surface area contributed by atoms with E-state index in [1.54, 1.807) is 0 Å². The topological polar surface area (TPSA) is 49.3 Å². The number of hydrogen-bond donors (Lipinski definition) is 2. The highest BCUT2D eigenvalue weighted by atomic mass is 19.1. The van der Waals surface area contributed by atoms with Gasteiger partial charge in [-0.15, -0.1) is 0 Å². The van der Waals surface area contributed by atoms with E-state index in [4.69, 9.17) is 5.11 Å². The van der Waals surface area contributed by atoms with Gasteiger partial charge in [-0.1, -0.05) is 0 Å². The Bertz CT molecular complexity index is 374. The molecule has 4 heteroatoms. The molecule has 1 atom stereocenters. The second-order valence-electron chi connectivity index (χ2n) is 3.37. The van der Waals surface area contributed by atoms with Crippen LogP contribution in [0, 0.1) is 5.82 Å². The van der Waals surface area contributed by atoms with E-state index in [2.05, 4.69) is 5.32 Å². The molecule has 1 aromatic rings. The van der Waals surface area contributed by atoms with Crippen LogP contribution in [0.5, 0.6) is 0 Å². The molecule has 0 radical (unpaired) electrons. The summed E-state index contributed by atoms with van der Waals surface area (Å²) in [5, 5.41) is 11.8. The highest BCUT2D eigenvalue weighted by molar-refractivity contribution is 5.87. The minimum Gasteiger partial charge on any atom is -0.478 e. The van der Waals surface area contributed by atoms with Crippen LogP contribution in [-0.4, -0.2) is 17.6 Å². The second kappa shape index (κ2) is 3.38. The zero-order valence-electron chi connectivity index (χ0n) is 7.46. The molecule has 0 saturated carbocycles. The first kappa shape index (κ1) is 9.15. The Labute approximate surface area is 80.6 Å². The number of carboxylic acids is 1. The normalized spacial score (nSPS) is 20.2. The van der Waals surface area contributed by atoms with Gasteiger partial charge in [0.05, 0.1) is 5.56 Å². The fourth-order valence-corrected chi connectivity index (χ4v) is 1.51. The molecule has 74 valence electrons. The van der Waals surface area contributed by atoms with Crippen LogP contribution in [0.4, 0.5) is 4.39 Å². The molecule has 1 heterocycles. The average Bonchev–Trinajstić information content (AvgIpc) is 1.99. The van der Waals surface area contributed by atoms with E-state index in [9.17, 15) is 9.18 Å². The van der Waals surface area contributed by atoms with Gasteiger partial charge in [0.15, 0.2) is 0 Å². The first-order chi connectivity index (χ1) is 6.66. The van der Waals surface area contributed by atoms with E-state index in [1.165, 1.54) is 12.1 Å². The largest absolute Gasteiger partial charge is 0.478 e. The van der Waals surface area contributed by atoms with Crippen molar-refractivity contribution in [3.8, 4) is 0 Å². The predicted molar refractivity (Wildman–Crippen MR) is 48.7 cm³/mol. The van der Waals surface area contributed by atoms with Crippen molar-refractivity contribution in [1.29, 1.82) is 0 Å². The Kier molecular flexibility index (Phi) is 2.21. The Balaban J connectivity index is 2.35. The molecular formula is C10H10FNO2. The fourth-order valence-electron chi connectivity index (χ4n) is 1.51. The molecule has 0 aromatic heterocycles. The van der Waals surface area contributed by atoms with Gasteiger partial charge in [-0.3, -0.25) is 0 Å². The maximum atomic E-state index is 13.0. The molecule has 0 spiro atoms. The number of carboxylic acid groups (broad SMARTS) is 1. The first-order valence-corrected chi connectivity index (χ1v) is 4.44. The lowest BCUT2D eigenvalue weighted by Gasteiger charge is -2.28. The van der Waals surface area contributed by atoms with Crippen LogP contribution in [0.15, 0.2) is 18.2 Å². The van der Waals surface area contributed by atoms with Crippen molar-refractivity contribution in [2.75, 3.05) is 6.54 Å². The van der Waals surface area contributed by atoms with Crippen molar-refractivity contribution in [2.24, 2.45) is 0 Å². The van der Waals surface area contributed by atoms with Crippen molar-refractivity contribution >= 4 is 5.97 Å². The predicted octanol–water partition coefficient (Wildman–Crippen LogP) is 1.56. The number of carbonyl (C=O) groups is 1. The third-order valence-corrected chi connectivity index (χ3v) is 2.39. The number of aromatic carboxylic acids is 1. The number of nitrogens with one attached hydrogen (secondary N) is 1. The number of hydrogen-bond acceptors (Lipinski definition) is 2. The summed E-state index contributed by atoms with van der Waals surface area (Å²) in [5.74, 6) is -1.58. The number of benzene rings is 1. The van der Waals surface area contributed by atoms with Crippen LogP contribution in [0.2, 0.25) is 0 Å². The molecular weight excluding hydrogens is 185 g/mol. The van der Waals surface area contributed by atoms with Crippen molar-refractivity contribution in [3.05, 3.63) is 35.1 Å². The Morgan fingerprint density at radius 2 is 2.21 bits per heavy atom. The van der Waals surface area contributed by atoms with Gasteiger partial charge in [-0.2, -0.15) is 0 Å². The van der Waals surface area contributed by atoms with Crippen LogP contribution in [-0.2, 0) is 0 Å². The Hall–Kier alpha value is -1.42. The molecule has 2 rings (SSSR count). The summed E-state index contributed by atoms with van der Waals surface area (Å²) in [6, 6.07) is 4.04. The lowest BCUT2D eigenvalue weighted by atomic mass is 9.96. The first-order valence-electron chi connectivity index (χ1n) is 4.44. The molecule has 0 bridgehead atoms. The number of halogens is 1. The lowest BCUT2D eigenvalue weighted by Crippen LogP contribution is -2.35. The van der Waals surface area contributed by atoms with Gasteiger partial charge < -0.3 is 10.4 Å². The molecule has 3 nitrogen and oxygen atoms in total. The molecule has 1 aromatic carbocycles. The maximum absolute atomic E-state index is 13.0. The Morgan fingerprint density at radius 3 is 2.71 bits per heavy atom. The van der Waals surface area contributed by atoms with E-state index >= 15 is 0 Å². The van der Waals surface area contributed by atoms with Gasteiger partial charge >= 0.3 is 5.97 Å². The van der Waals surface area contributed by atoms with Crippen LogP contribution < -0.4 is 5.32 Å². The summed E-state index contributed by atoms with van der Waals surface area (Å²) in [6.45, 7) is 0.906. The highest BCUT2D eigenvalue weighted by Gasteiger charge is 2.20. The van der Waals surface area contributed by atoms with Gasteiger partial charge in [0.2, 0.25) is 0 Å². The second-order valence-corrected chi connectivity index (χ2v) is 3.37. The monoisotopic (exact) mass is 195 g/mol. The molecule has 1 fully saturated rings. The SMILES string of the molecule is O=C(O)c1cc(F)cc([C@H]2CCN2)c1. The third-order valence-electron chi connectivity index (χ3n) is 2.39. The standard InChI is InChI=1S/C10H10FNO2/c11-8-4-6(9-1-2-12-9)3-7(5-8)10(13)14/h3-5,9,12H,1-2H2,(H,13,14)/t9-/m1/s1. The summed E-state index contributed by atoms with van der Waals surface area (Å²) < 4.78 is 13.0. The van der Waals surface area contributed by atoms with E-state index < -0.39 is 11.8 Å². The molecule has 0 amide bonds. The Morgan fingerprint density at radius 1 is 1.50 bits per heavy atom. The fraction of sp³-hybridized carbons (Fsp3) is 0.300. The van der Waals surface area contributed by atoms with Crippen LogP contribution in [0.1, 0.15) is 28.4 Å². The van der Waals surface area contributed by atoms with E-state index in [0.717, 1.165) is 19.0 Å². The van der Waals surface area contributed by atoms with Crippen LogP contribution in [0.3, 0.4) is 0 Å². The summed E-state index contributed by atoms with van der Waals surface area (Å²) in [7, 11) is 0. The molecule has 1 aliphatic rings. The molecule has 2 N–H and O–H groups in total. The van der Waals surface area contributed by atoms with Crippen molar-refractivity contribution < 1.29 is 14.3 Å². The van der Waals surface area contributed by atoms with E-state index in [0.29, 0.717) is 5.56 Å². The summed E-state index contributed by atoms with van der Waals surface area (Å²) in [6.07, 6.45) is 0.933. The van der Waals surface area contributed by atoms with E-state index in [-0.39, 0.29) is 11.6 Å². The molecule has 14 heavy (non-hydrogen) atoms. The molecule has 1 saturated heterocycles.